The highest BCUT2D eigenvalue weighted by atomic mass is 32.2. The summed E-state index contributed by atoms with van der Waals surface area (Å²) in [5.41, 5.74) is 6.45. The molecule has 1 aromatic heterocycles. The minimum absolute atomic E-state index is 0.0106. The summed E-state index contributed by atoms with van der Waals surface area (Å²) < 4.78 is 1.54. The van der Waals surface area contributed by atoms with Gasteiger partial charge in [-0.2, -0.15) is 5.10 Å². The highest BCUT2D eigenvalue weighted by molar-refractivity contribution is 8.00. The molecule has 72 valence electrons. The lowest BCUT2D eigenvalue weighted by Gasteiger charge is -1.97. The van der Waals surface area contributed by atoms with E-state index in [1.165, 1.54) is 11.8 Å². The Balaban J connectivity index is 2.81. The fraction of sp³-hybridized carbons (Fsp3) is 0.429. The molecule has 1 rings (SSSR count). The maximum atomic E-state index is 10.3. The molecule has 0 aliphatic heterocycles. The Morgan fingerprint density at radius 2 is 2.38 bits per heavy atom. The molecule has 1 aromatic rings. The van der Waals surface area contributed by atoms with E-state index in [1.54, 1.807) is 18.7 Å². The number of nitrogen functional groups attached to an aromatic ring is 1. The van der Waals surface area contributed by atoms with Crippen LogP contribution < -0.4 is 5.73 Å². The third-order valence-corrected chi connectivity index (χ3v) is 2.73. The van der Waals surface area contributed by atoms with Gasteiger partial charge < -0.3 is 10.8 Å². The largest absolute Gasteiger partial charge is 0.481 e. The molecule has 0 radical (unpaired) electrons. The molecule has 0 amide bonds. The van der Waals surface area contributed by atoms with Crippen LogP contribution in [0.3, 0.4) is 0 Å². The first-order valence-corrected chi connectivity index (χ1v) is 4.64. The quantitative estimate of drug-likeness (QED) is 0.695. The summed E-state index contributed by atoms with van der Waals surface area (Å²) in [5, 5.41) is 12.5. The number of carboxylic acid groups (broad SMARTS) is 1. The lowest BCUT2D eigenvalue weighted by Crippen LogP contribution is -2.00. The number of aromatic nitrogens is 2. The molecule has 0 atom stereocenters. The number of aliphatic carboxylic acids is 1. The number of nitrogens with zero attached hydrogens (tertiary/aromatic N) is 2. The standard InChI is InChI=1S/C7H11N3O2S/c1-4-6(13-3-5(11)12)7(8)10(2)9-4/h3,8H2,1-2H3,(H,11,12). The number of carboxylic acids is 1. The molecule has 1 heterocycles. The average molecular weight is 201 g/mol. The lowest BCUT2D eigenvalue weighted by molar-refractivity contribution is -0.133. The van der Waals surface area contributed by atoms with Crippen molar-refractivity contribution in [3.63, 3.8) is 0 Å². The van der Waals surface area contributed by atoms with Gasteiger partial charge in [-0.15, -0.1) is 11.8 Å². The number of nitrogens with two attached hydrogens (primary N) is 1. The summed E-state index contributed by atoms with van der Waals surface area (Å²) in [6.07, 6.45) is 0. The first kappa shape index (κ1) is 9.91. The van der Waals surface area contributed by atoms with E-state index in [0.717, 1.165) is 10.6 Å². The molecule has 13 heavy (non-hydrogen) atoms. The van der Waals surface area contributed by atoms with Crippen LogP contribution in [0.5, 0.6) is 0 Å². The molecule has 0 aliphatic carbocycles. The molecule has 3 N–H and O–H groups in total. The van der Waals surface area contributed by atoms with Gasteiger partial charge >= 0.3 is 5.97 Å². The number of rotatable bonds is 3. The van der Waals surface area contributed by atoms with Gasteiger partial charge in [0.2, 0.25) is 0 Å². The first-order valence-electron chi connectivity index (χ1n) is 3.66. The lowest BCUT2D eigenvalue weighted by atomic mass is 10.5. The van der Waals surface area contributed by atoms with E-state index in [4.69, 9.17) is 10.8 Å². The zero-order valence-corrected chi connectivity index (χ0v) is 8.26. The van der Waals surface area contributed by atoms with Gasteiger partial charge in [-0.05, 0) is 6.92 Å². The average Bonchev–Trinajstić information content (AvgIpc) is 2.24. The third kappa shape index (κ3) is 2.15. The van der Waals surface area contributed by atoms with Crippen molar-refractivity contribution in [2.75, 3.05) is 11.5 Å². The topological polar surface area (TPSA) is 81.1 Å². The van der Waals surface area contributed by atoms with Crippen LogP contribution >= 0.6 is 11.8 Å². The van der Waals surface area contributed by atoms with Crippen LogP contribution in [0.1, 0.15) is 5.69 Å². The number of hydrogen-bond donors (Lipinski definition) is 2. The van der Waals surface area contributed by atoms with Gasteiger partial charge in [0.15, 0.2) is 0 Å². The Morgan fingerprint density at radius 1 is 1.77 bits per heavy atom. The fourth-order valence-corrected chi connectivity index (χ4v) is 1.77. The van der Waals surface area contributed by atoms with Gasteiger partial charge in [-0.25, -0.2) is 0 Å². The molecular weight excluding hydrogens is 190 g/mol. The fourth-order valence-electron chi connectivity index (χ4n) is 0.969. The minimum Gasteiger partial charge on any atom is -0.481 e. The molecule has 0 spiro atoms. The van der Waals surface area contributed by atoms with Crippen LogP contribution in [-0.4, -0.2) is 26.6 Å². The van der Waals surface area contributed by atoms with Gasteiger partial charge in [-0.3, -0.25) is 9.48 Å². The molecule has 0 bridgehead atoms. The zero-order chi connectivity index (χ0) is 10.0. The molecule has 0 saturated carbocycles. The monoisotopic (exact) mass is 201 g/mol. The highest BCUT2D eigenvalue weighted by Crippen LogP contribution is 2.27. The van der Waals surface area contributed by atoms with Crippen molar-refractivity contribution >= 4 is 23.5 Å². The van der Waals surface area contributed by atoms with Crippen molar-refractivity contribution in [3.8, 4) is 0 Å². The molecule has 5 nitrogen and oxygen atoms in total. The maximum absolute atomic E-state index is 10.3. The Kier molecular flexibility index (Phi) is 2.82. The Morgan fingerprint density at radius 3 is 2.77 bits per heavy atom. The minimum atomic E-state index is -0.854. The number of aryl methyl sites for hydroxylation is 2. The van der Waals surface area contributed by atoms with Crippen molar-refractivity contribution in [2.24, 2.45) is 7.05 Å². The van der Waals surface area contributed by atoms with E-state index in [2.05, 4.69) is 5.10 Å². The van der Waals surface area contributed by atoms with Crippen molar-refractivity contribution in [1.82, 2.24) is 9.78 Å². The number of thioether (sulfide) groups is 1. The van der Waals surface area contributed by atoms with Crippen LogP contribution in [-0.2, 0) is 11.8 Å². The normalized spacial score (nSPS) is 10.3. The molecule has 0 unspecified atom stereocenters. The van der Waals surface area contributed by atoms with E-state index in [9.17, 15) is 4.79 Å². The molecular formula is C7H11N3O2S. The molecule has 6 heteroatoms. The summed E-state index contributed by atoms with van der Waals surface area (Å²) >= 11 is 1.19. The smallest absolute Gasteiger partial charge is 0.313 e. The summed E-state index contributed by atoms with van der Waals surface area (Å²) in [4.78, 5) is 11.1. The molecule has 0 aromatic carbocycles. The zero-order valence-electron chi connectivity index (χ0n) is 7.44. The van der Waals surface area contributed by atoms with Crippen molar-refractivity contribution in [2.45, 2.75) is 11.8 Å². The third-order valence-electron chi connectivity index (χ3n) is 1.55. The summed E-state index contributed by atoms with van der Waals surface area (Å²) in [6, 6.07) is 0. The first-order chi connectivity index (χ1) is 6.02. The van der Waals surface area contributed by atoms with Crippen LogP contribution in [0, 0.1) is 6.92 Å². The van der Waals surface area contributed by atoms with Crippen LogP contribution in [0.4, 0.5) is 5.82 Å². The molecule has 0 aliphatic rings. The Bertz CT molecular complexity index is 335. The number of hydrogen-bond acceptors (Lipinski definition) is 4. The summed E-state index contributed by atoms with van der Waals surface area (Å²) in [7, 11) is 1.73. The summed E-state index contributed by atoms with van der Waals surface area (Å²) in [5.74, 6) is -0.326. The van der Waals surface area contributed by atoms with Gasteiger partial charge in [0, 0.05) is 7.05 Å². The maximum Gasteiger partial charge on any atom is 0.313 e. The Labute approximate surface area is 79.9 Å². The van der Waals surface area contributed by atoms with Crippen LogP contribution in [0.2, 0.25) is 0 Å². The van der Waals surface area contributed by atoms with E-state index in [0.29, 0.717) is 5.82 Å². The van der Waals surface area contributed by atoms with E-state index < -0.39 is 5.97 Å². The van der Waals surface area contributed by atoms with Crippen molar-refractivity contribution < 1.29 is 9.90 Å². The summed E-state index contributed by atoms with van der Waals surface area (Å²) in [6.45, 7) is 1.81. The molecule has 0 saturated heterocycles. The predicted octanol–water partition coefficient (Wildman–Crippen LogP) is 0.487. The van der Waals surface area contributed by atoms with Gasteiger partial charge in [0.25, 0.3) is 0 Å². The van der Waals surface area contributed by atoms with Gasteiger partial charge in [-0.1, -0.05) is 0 Å². The number of anilines is 1. The SMILES string of the molecule is Cc1nn(C)c(N)c1SCC(=O)O. The van der Waals surface area contributed by atoms with Gasteiger partial charge in [0.05, 0.1) is 16.3 Å². The number of carbonyl (C=O) groups is 1. The molecule has 0 fully saturated rings. The van der Waals surface area contributed by atoms with Crippen LogP contribution in [0.25, 0.3) is 0 Å². The van der Waals surface area contributed by atoms with E-state index in [1.807, 2.05) is 0 Å². The van der Waals surface area contributed by atoms with Crippen molar-refractivity contribution in [3.05, 3.63) is 5.69 Å². The highest BCUT2D eigenvalue weighted by Gasteiger charge is 2.11. The van der Waals surface area contributed by atoms with Crippen molar-refractivity contribution in [1.29, 1.82) is 0 Å². The van der Waals surface area contributed by atoms with E-state index in [-0.39, 0.29) is 5.75 Å². The van der Waals surface area contributed by atoms with Crippen LogP contribution in [0.15, 0.2) is 4.90 Å². The van der Waals surface area contributed by atoms with Gasteiger partial charge in [0.1, 0.15) is 5.82 Å². The van der Waals surface area contributed by atoms with E-state index >= 15 is 0 Å². The predicted molar refractivity (Wildman–Crippen MR) is 50.7 cm³/mol. The second kappa shape index (κ2) is 3.69. The Hall–Kier alpha value is -1.17. The second-order valence-corrected chi connectivity index (χ2v) is 3.59. The second-order valence-electron chi connectivity index (χ2n) is 2.61.